The molecule has 6 heteroatoms. The molecule has 34 heavy (non-hydrogen) atoms. The van der Waals surface area contributed by atoms with Crippen LogP contribution in [0.4, 0.5) is 0 Å². The molecule has 2 amide bonds. The molecule has 1 unspecified atom stereocenters. The average molecular weight is 573 g/mol. The zero-order chi connectivity index (χ0) is 24.8. The average Bonchev–Trinajstić information content (AvgIpc) is 3.24. The van der Waals surface area contributed by atoms with Crippen molar-refractivity contribution < 1.29 is 14.1 Å². The van der Waals surface area contributed by atoms with Gasteiger partial charge in [-0.2, -0.15) is 5.26 Å². The highest BCUT2D eigenvalue weighted by Crippen LogP contribution is 2.38. The van der Waals surface area contributed by atoms with Gasteiger partial charge in [-0.05, 0) is 59.0 Å². The summed E-state index contributed by atoms with van der Waals surface area (Å²) in [5.41, 5.74) is 7.30. The lowest BCUT2D eigenvalue weighted by Gasteiger charge is -2.36. The van der Waals surface area contributed by atoms with Crippen LogP contribution in [0.5, 0.6) is 0 Å². The number of carbonyl (C=O) groups is 2. The Balaban J connectivity index is 1.74. The topological polar surface area (TPSA) is 83.9 Å². The standard InChI is InChI=1S/C28H34IN3O2/c1-21(2)28(20-30,23-11-4-3-5-12-23)16-7-6-15-26(33)32(17-9-14-25(32)27(31)34)19-22-10-8-13-24(29)18-22/h3-5,8,10-13,18,21,25H,6-7,9,14-17,19H2,1-2H3,(H-,31,34)/p+1/t25?,28-,32+/m0/s1. The normalized spacial score (nSPS) is 21.7. The highest BCUT2D eigenvalue weighted by atomic mass is 127. The molecule has 2 aromatic rings. The minimum Gasteiger partial charge on any atom is -0.364 e. The fourth-order valence-corrected chi connectivity index (χ4v) is 6.15. The minimum absolute atomic E-state index is 0.0898. The summed E-state index contributed by atoms with van der Waals surface area (Å²) in [5, 5.41) is 10.1. The molecule has 0 aliphatic carbocycles. The van der Waals surface area contributed by atoms with E-state index in [2.05, 4.69) is 48.6 Å². The maximum Gasteiger partial charge on any atom is 0.314 e. The Labute approximate surface area is 217 Å². The lowest BCUT2D eigenvalue weighted by molar-refractivity contribution is -0.871. The fraction of sp³-hybridized carbons (Fsp3) is 0.464. The summed E-state index contributed by atoms with van der Waals surface area (Å²) in [7, 11) is 0. The second-order valence-electron chi connectivity index (χ2n) is 9.81. The summed E-state index contributed by atoms with van der Waals surface area (Å²) in [6, 6.07) is 20.2. The molecule has 3 atom stereocenters. The van der Waals surface area contributed by atoms with Crippen LogP contribution >= 0.6 is 22.6 Å². The summed E-state index contributed by atoms with van der Waals surface area (Å²) in [5.74, 6) is -0.136. The van der Waals surface area contributed by atoms with Gasteiger partial charge in [-0.25, -0.2) is 9.28 Å². The number of nitrogens with zero attached hydrogens (tertiary/aromatic N) is 2. The van der Waals surface area contributed by atoms with Crippen LogP contribution in [0.2, 0.25) is 0 Å². The van der Waals surface area contributed by atoms with Gasteiger partial charge in [0.15, 0.2) is 6.04 Å². The number of carbonyl (C=O) groups excluding carboxylic acids is 2. The Bertz CT molecular complexity index is 1050. The number of hydrogen-bond acceptors (Lipinski definition) is 3. The van der Waals surface area contributed by atoms with Crippen molar-refractivity contribution in [3.8, 4) is 6.07 Å². The van der Waals surface area contributed by atoms with Gasteiger partial charge in [0.05, 0.1) is 24.4 Å². The SMILES string of the molecule is CC(C)[C@@](C#N)(CCCCC(=O)[N@@+]1(Cc2cccc(I)c2)CCCC1C(N)=O)c1ccccc1. The Kier molecular flexibility index (Phi) is 8.89. The monoisotopic (exact) mass is 572 g/mol. The van der Waals surface area contributed by atoms with E-state index in [0.717, 1.165) is 27.5 Å². The number of nitrogens with two attached hydrogens (primary N) is 1. The number of nitriles is 1. The number of hydrogen-bond donors (Lipinski definition) is 1. The van der Waals surface area contributed by atoms with Crippen LogP contribution in [0.15, 0.2) is 54.6 Å². The van der Waals surface area contributed by atoms with E-state index in [9.17, 15) is 14.9 Å². The van der Waals surface area contributed by atoms with Crippen LogP contribution in [0.25, 0.3) is 0 Å². The van der Waals surface area contributed by atoms with E-state index in [1.54, 1.807) is 0 Å². The molecule has 0 spiro atoms. The Hall–Kier alpha value is -2.24. The molecule has 1 saturated heterocycles. The number of amides is 2. The summed E-state index contributed by atoms with van der Waals surface area (Å²) < 4.78 is 1.24. The second-order valence-corrected chi connectivity index (χ2v) is 11.1. The molecule has 5 nitrogen and oxygen atoms in total. The molecule has 0 bridgehead atoms. The number of primary amides is 1. The Morgan fingerprint density at radius 1 is 1.18 bits per heavy atom. The third kappa shape index (κ3) is 5.52. The van der Waals surface area contributed by atoms with E-state index in [4.69, 9.17) is 5.73 Å². The quantitative estimate of drug-likeness (QED) is 0.233. The number of quaternary nitrogens is 1. The third-order valence-corrected chi connectivity index (χ3v) is 8.17. The fourth-order valence-electron chi connectivity index (χ4n) is 5.55. The maximum absolute atomic E-state index is 13.7. The predicted octanol–water partition coefficient (Wildman–Crippen LogP) is 5.46. The molecule has 1 heterocycles. The molecule has 1 fully saturated rings. The summed E-state index contributed by atoms with van der Waals surface area (Å²) in [6.45, 7) is 5.33. The van der Waals surface area contributed by atoms with Crippen molar-refractivity contribution in [3.63, 3.8) is 0 Å². The molecule has 0 aromatic heterocycles. The van der Waals surface area contributed by atoms with E-state index in [1.165, 1.54) is 0 Å². The third-order valence-electron chi connectivity index (χ3n) is 7.50. The first-order valence-corrected chi connectivity index (χ1v) is 13.2. The van der Waals surface area contributed by atoms with Crippen molar-refractivity contribution in [1.29, 1.82) is 5.26 Å². The predicted molar refractivity (Wildman–Crippen MR) is 142 cm³/mol. The van der Waals surface area contributed by atoms with Gasteiger partial charge >= 0.3 is 5.91 Å². The van der Waals surface area contributed by atoms with Crippen LogP contribution in [-0.2, 0) is 21.5 Å². The van der Waals surface area contributed by atoms with E-state index in [0.29, 0.717) is 38.8 Å². The summed E-state index contributed by atoms with van der Waals surface area (Å²) in [6.07, 6.45) is 4.04. The first kappa shape index (κ1) is 26.4. The van der Waals surface area contributed by atoms with Gasteiger partial charge in [0, 0.05) is 22.0 Å². The molecular formula is C28H35IN3O2+. The molecule has 1 aliphatic heterocycles. The van der Waals surface area contributed by atoms with Crippen molar-refractivity contribution in [2.75, 3.05) is 6.54 Å². The van der Waals surface area contributed by atoms with Crippen LogP contribution < -0.4 is 5.73 Å². The summed E-state index contributed by atoms with van der Waals surface area (Å²) >= 11 is 2.27. The number of likely N-dealkylation sites (tertiary alicyclic amines) is 1. The highest BCUT2D eigenvalue weighted by Gasteiger charge is 2.50. The van der Waals surface area contributed by atoms with Crippen LogP contribution in [0, 0.1) is 20.8 Å². The van der Waals surface area contributed by atoms with E-state index in [-0.39, 0.29) is 22.2 Å². The maximum atomic E-state index is 13.7. The van der Waals surface area contributed by atoms with Crippen molar-refractivity contribution >= 4 is 34.4 Å². The molecule has 2 aromatic carbocycles. The lowest BCUT2D eigenvalue weighted by Crippen LogP contribution is -2.59. The zero-order valence-corrected chi connectivity index (χ0v) is 22.3. The molecular weight excluding hydrogens is 537 g/mol. The van der Waals surface area contributed by atoms with E-state index in [1.807, 2.05) is 48.5 Å². The largest absolute Gasteiger partial charge is 0.364 e. The molecule has 3 rings (SSSR count). The van der Waals surface area contributed by atoms with Crippen molar-refractivity contribution in [2.24, 2.45) is 11.7 Å². The molecule has 2 N–H and O–H groups in total. The zero-order valence-electron chi connectivity index (χ0n) is 20.2. The van der Waals surface area contributed by atoms with Crippen LogP contribution in [-0.4, -0.2) is 28.9 Å². The van der Waals surface area contributed by atoms with Gasteiger partial charge in [-0.3, -0.25) is 4.79 Å². The first-order valence-electron chi connectivity index (χ1n) is 12.2. The van der Waals surface area contributed by atoms with Crippen LogP contribution in [0.3, 0.4) is 0 Å². The molecule has 180 valence electrons. The van der Waals surface area contributed by atoms with Crippen LogP contribution in [0.1, 0.15) is 63.5 Å². The minimum atomic E-state index is -0.569. The Morgan fingerprint density at radius 3 is 2.53 bits per heavy atom. The second kappa shape index (κ2) is 11.5. The molecule has 1 aliphatic rings. The van der Waals surface area contributed by atoms with Gasteiger partial charge in [0.25, 0.3) is 5.91 Å². The van der Waals surface area contributed by atoms with Gasteiger partial charge in [-0.1, -0.05) is 62.7 Å². The first-order chi connectivity index (χ1) is 16.2. The molecule has 0 radical (unpaired) electrons. The van der Waals surface area contributed by atoms with Gasteiger partial charge in [0.1, 0.15) is 6.54 Å². The smallest absolute Gasteiger partial charge is 0.314 e. The van der Waals surface area contributed by atoms with E-state index < -0.39 is 11.5 Å². The van der Waals surface area contributed by atoms with Crippen molar-refractivity contribution in [1.82, 2.24) is 0 Å². The van der Waals surface area contributed by atoms with E-state index >= 15 is 0 Å². The van der Waals surface area contributed by atoms with Crippen molar-refractivity contribution in [3.05, 3.63) is 69.3 Å². The number of rotatable bonds is 10. The van der Waals surface area contributed by atoms with Gasteiger partial charge < -0.3 is 5.73 Å². The van der Waals surface area contributed by atoms with Gasteiger partial charge in [-0.15, -0.1) is 0 Å². The lowest BCUT2D eigenvalue weighted by atomic mass is 9.69. The highest BCUT2D eigenvalue weighted by molar-refractivity contribution is 14.1. The van der Waals surface area contributed by atoms with Crippen molar-refractivity contribution in [2.45, 2.75) is 70.4 Å². The Morgan fingerprint density at radius 2 is 1.91 bits per heavy atom. The summed E-state index contributed by atoms with van der Waals surface area (Å²) in [4.78, 5) is 26.0. The number of unbranched alkanes of at least 4 members (excludes halogenated alkanes) is 1. The number of benzene rings is 2. The number of halogens is 1. The molecule has 0 saturated carbocycles. The van der Waals surface area contributed by atoms with Gasteiger partial charge in [0.2, 0.25) is 0 Å².